The smallest absolute Gasteiger partial charge is 0.0159 e. The second-order valence-electron chi connectivity index (χ2n) is 6.63. The number of hydrogen-bond donors (Lipinski definition) is 1. The van der Waals surface area contributed by atoms with Crippen LogP contribution in [0.2, 0.25) is 0 Å². The van der Waals surface area contributed by atoms with E-state index in [2.05, 4.69) is 50.4 Å². The number of aryl methyl sites for hydroxylation is 1. The molecule has 98 valence electrons. The fourth-order valence-corrected chi connectivity index (χ4v) is 4.44. The molecule has 0 aromatic heterocycles. The summed E-state index contributed by atoms with van der Waals surface area (Å²) in [5, 5.41) is 3.79. The molecule has 18 heavy (non-hydrogen) atoms. The number of benzene rings is 1. The molecule has 0 spiro atoms. The third-order valence-corrected chi connectivity index (χ3v) is 5.21. The lowest BCUT2D eigenvalue weighted by atomic mass is 9.46. The van der Waals surface area contributed by atoms with Crippen LogP contribution in [0.3, 0.4) is 0 Å². The van der Waals surface area contributed by atoms with Crippen LogP contribution in [0, 0.1) is 11.3 Å². The summed E-state index contributed by atoms with van der Waals surface area (Å²) in [6.07, 6.45) is 3.88. The molecule has 2 aliphatic rings. The zero-order chi connectivity index (χ0) is 12.8. The number of fused-ring (bicyclic) bond motifs is 3. The number of hydrogen-bond acceptors (Lipinski definition) is 1. The minimum absolute atomic E-state index is 0.413. The van der Waals surface area contributed by atoms with E-state index in [1.165, 1.54) is 25.8 Å². The Kier molecular flexibility index (Phi) is 2.97. The van der Waals surface area contributed by atoms with Crippen molar-refractivity contribution in [2.75, 3.05) is 6.54 Å². The van der Waals surface area contributed by atoms with Gasteiger partial charge >= 0.3 is 0 Å². The van der Waals surface area contributed by atoms with Crippen LogP contribution >= 0.6 is 0 Å². The zero-order valence-corrected chi connectivity index (χ0v) is 11.9. The predicted octanol–water partition coefficient (Wildman–Crippen LogP) is 3.74. The van der Waals surface area contributed by atoms with Crippen molar-refractivity contribution in [1.29, 1.82) is 0 Å². The van der Waals surface area contributed by atoms with Gasteiger partial charge in [0.2, 0.25) is 0 Å². The second-order valence-corrected chi connectivity index (χ2v) is 6.63. The van der Waals surface area contributed by atoms with E-state index in [0.29, 0.717) is 5.41 Å². The monoisotopic (exact) mass is 243 g/mol. The van der Waals surface area contributed by atoms with Crippen LogP contribution in [0.25, 0.3) is 0 Å². The molecule has 1 nitrogen and oxygen atoms in total. The van der Waals surface area contributed by atoms with Crippen molar-refractivity contribution in [3.05, 3.63) is 35.4 Å². The maximum Gasteiger partial charge on any atom is 0.0159 e. The minimum Gasteiger partial charge on any atom is -0.313 e. The summed E-state index contributed by atoms with van der Waals surface area (Å²) >= 11 is 0. The number of nitrogens with one attached hydrogen (secondary N) is 1. The molecule has 0 bridgehead atoms. The van der Waals surface area contributed by atoms with Crippen LogP contribution in [-0.4, -0.2) is 12.6 Å². The molecule has 2 aliphatic carbocycles. The van der Waals surface area contributed by atoms with Gasteiger partial charge < -0.3 is 5.32 Å². The molecule has 3 rings (SSSR count). The fraction of sp³-hybridized carbons (Fsp3) is 0.647. The van der Waals surface area contributed by atoms with E-state index in [4.69, 9.17) is 0 Å². The Balaban J connectivity index is 1.87. The molecule has 0 amide bonds. The lowest BCUT2D eigenvalue weighted by molar-refractivity contribution is -0.0215. The maximum absolute atomic E-state index is 3.79. The van der Waals surface area contributed by atoms with Crippen molar-refractivity contribution in [2.24, 2.45) is 11.3 Å². The molecule has 0 aliphatic heterocycles. The van der Waals surface area contributed by atoms with E-state index >= 15 is 0 Å². The molecular weight excluding hydrogens is 218 g/mol. The Morgan fingerprint density at radius 2 is 2.06 bits per heavy atom. The highest BCUT2D eigenvalue weighted by Gasteiger charge is 2.57. The van der Waals surface area contributed by atoms with Crippen molar-refractivity contribution in [3.8, 4) is 0 Å². The second kappa shape index (κ2) is 4.38. The Hall–Kier alpha value is -0.820. The average Bonchev–Trinajstić information content (AvgIpc) is 2.37. The van der Waals surface area contributed by atoms with Gasteiger partial charge in [0.05, 0.1) is 0 Å². The van der Waals surface area contributed by atoms with Crippen LogP contribution in [-0.2, 0) is 6.42 Å². The standard InChI is InChI=1S/C17H25N/c1-4-11-18-16-14-10-9-12-7-5-6-8-13(12)15(14)17(16,2)3/h5-8,14-16,18H,4,9-11H2,1-3H3. The van der Waals surface area contributed by atoms with Gasteiger partial charge in [0, 0.05) is 6.04 Å². The summed E-state index contributed by atoms with van der Waals surface area (Å²) in [5.74, 6) is 1.64. The van der Waals surface area contributed by atoms with Crippen molar-refractivity contribution in [3.63, 3.8) is 0 Å². The van der Waals surface area contributed by atoms with Gasteiger partial charge in [-0.3, -0.25) is 0 Å². The highest BCUT2D eigenvalue weighted by molar-refractivity contribution is 5.39. The molecule has 0 radical (unpaired) electrons. The van der Waals surface area contributed by atoms with Gasteiger partial charge in [0.1, 0.15) is 0 Å². The van der Waals surface area contributed by atoms with E-state index in [0.717, 1.165) is 17.9 Å². The summed E-state index contributed by atoms with van der Waals surface area (Å²) in [6, 6.07) is 9.82. The Morgan fingerprint density at radius 3 is 2.83 bits per heavy atom. The first-order chi connectivity index (χ1) is 8.66. The first kappa shape index (κ1) is 12.2. The topological polar surface area (TPSA) is 12.0 Å². The molecular formula is C17H25N. The van der Waals surface area contributed by atoms with E-state index in [-0.39, 0.29) is 0 Å². The first-order valence-corrected chi connectivity index (χ1v) is 7.47. The van der Waals surface area contributed by atoms with Gasteiger partial charge in [0.15, 0.2) is 0 Å². The van der Waals surface area contributed by atoms with Crippen LogP contribution in [0.15, 0.2) is 24.3 Å². The summed E-state index contributed by atoms with van der Waals surface area (Å²) in [4.78, 5) is 0. The summed E-state index contributed by atoms with van der Waals surface area (Å²) < 4.78 is 0. The van der Waals surface area contributed by atoms with Gasteiger partial charge in [-0.25, -0.2) is 0 Å². The molecule has 1 aromatic carbocycles. The molecule has 1 heteroatoms. The van der Waals surface area contributed by atoms with E-state index in [9.17, 15) is 0 Å². The number of rotatable bonds is 3. The molecule has 0 saturated heterocycles. The average molecular weight is 243 g/mol. The lowest BCUT2D eigenvalue weighted by Gasteiger charge is -2.61. The van der Waals surface area contributed by atoms with Gasteiger partial charge in [-0.15, -0.1) is 0 Å². The summed E-state index contributed by atoms with van der Waals surface area (Å²) in [5.41, 5.74) is 3.64. The van der Waals surface area contributed by atoms with Crippen molar-refractivity contribution in [1.82, 2.24) is 5.32 Å². The van der Waals surface area contributed by atoms with Crippen molar-refractivity contribution >= 4 is 0 Å². The molecule has 0 heterocycles. The molecule has 3 unspecified atom stereocenters. The van der Waals surface area contributed by atoms with E-state index < -0.39 is 0 Å². The van der Waals surface area contributed by atoms with E-state index in [1.54, 1.807) is 11.1 Å². The van der Waals surface area contributed by atoms with Crippen molar-refractivity contribution in [2.45, 2.75) is 52.0 Å². The molecule has 1 N–H and O–H groups in total. The molecule has 3 atom stereocenters. The Morgan fingerprint density at radius 1 is 1.28 bits per heavy atom. The third-order valence-electron chi connectivity index (χ3n) is 5.21. The highest BCUT2D eigenvalue weighted by atomic mass is 15.0. The Bertz CT molecular complexity index is 435. The van der Waals surface area contributed by atoms with Gasteiger partial charge in [-0.05, 0) is 54.2 Å². The van der Waals surface area contributed by atoms with Gasteiger partial charge in [0.25, 0.3) is 0 Å². The third kappa shape index (κ3) is 1.64. The highest BCUT2D eigenvalue weighted by Crippen LogP contribution is 2.60. The SMILES string of the molecule is CCCNC1C2CCc3ccccc3C2C1(C)C. The van der Waals surface area contributed by atoms with Crippen LogP contribution in [0.5, 0.6) is 0 Å². The van der Waals surface area contributed by atoms with Gasteiger partial charge in [-0.2, -0.15) is 0 Å². The predicted molar refractivity (Wildman–Crippen MR) is 76.9 cm³/mol. The molecule has 1 saturated carbocycles. The largest absolute Gasteiger partial charge is 0.313 e. The van der Waals surface area contributed by atoms with Crippen molar-refractivity contribution < 1.29 is 0 Å². The fourth-order valence-electron chi connectivity index (χ4n) is 4.44. The summed E-state index contributed by atoms with van der Waals surface area (Å²) in [6.45, 7) is 8.32. The molecule has 1 aromatic rings. The van der Waals surface area contributed by atoms with E-state index in [1.807, 2.05) is 0 Å². The Labute approximate surface area is 111 Å². The zero-order valence-electron chi connectivity index (χ0n) is 11.9. The van der Waals surface area contributed by atoms with Crippen LogP contribution in [0.4, 0.5) is 0 Å². The minimum atomic E-state index is 0.413. The summed E-state index contributed by atoms with van der Waals surface area (Å²) in [7, 11) is 0. The van der Waals surface area contributed by atoms with Crippen LogP contribution < -0.4 is 5.32 Å². The first-order valence-electron chi connectivity index (χ1n) is 7.47. The quantitative estimate of drug-likeness (QED) is 0.852. The van der Waals surface area contributed by atoms with Crippen LogP contribution in [0.1, 0.15) is 50.7 Å². The molecule has 1 fully saturated rings. The maximum atomic E-state index is 3.79. The lowest BCUT2D eigenvalue weighted by Crippen LogP contribution is -2.63. The normalized spacial score (nSPS) is 32.3. The van der Waals surface area contributed by atoms with Gasteiger partial charge in [-0.1, -0.05) is 45.0 Å².